The van der Waals surface area contributed by atoms with Gasteiger partial charge in [0, 0.05) is 40.6 Å². The number of fused-ring (bicyclic) bond motifs is 1. The molecule has 0 aliphatic carbocycles. The van der Waals surface area contributed by atoms with Gasteiger partial charge in [-0.3, -0.25) is 20.4 Å². The number of aromatic amines is 1. The van der Waals surface area contributed by atoms with Gasteiger partial charge in [-0.1, -0.05) is 23.2 Å². The summed E-state index contributed by atoms with van der Waals surface area (Å²) in [5, 5.41) is 7.14. The van der Waals surface area contributed by atoms with Crippen molar-refractivity contribution in [3.05, 3.63) is 87.0 Å². The zero-order valence-electron chi connectivity index (χ0n) is 18.4. The van der Waals surface area contributed by atoms with Crippen molar-refractivity contribution in [1.82, 2.24) is 20.3 Å². The first kappa shape index (κ1) is 23.7. The van der Waals surface area contributed by atoms with Gasteiger partial charge in [0.2, 0.25) is 11.9 Å². The van der Waals surface area contributed by atoms with Gasteiger partial charge in [-0.05, 0) is 68.3 Å². The molecule has 2 heterocycles. The predicted molar refractivity (Wildman–Crippen MR) is 133 cm³/mol. The van der Waals surface area contributed by atoms with Crippen molar-refractivity contribution in [3.8, 4) is 0 Å². The molecule has 4 aromatic rings. The number of carbonyl (C=O) groups excluding carboxylic acids is 1. The fourth-order valence-corrected chi connectivity index (χ4v) is 3.76. The summed E-state index contributed by atoms with van der Waals surface area (Å²) in [5.74, 6) is -0.254. The number of benzene rings is 2. The van der Waals surface area contributed by atoms with E-state index in [0.29, 0.717) is 29.5 Å². The van der Waals surface area contributed by atoms with Gasteiger partial charge in [-0.15, -0.1) is 0 Å². The van der Waals surface area contributed by atoms with Crippen LogP contribution in [0.2, 0.25) is 10.0 Å². The number of aryl methyl sites for hydroxylation is 2. The molecule has 0 aliphatic heterocycles. The highest BCUT2D eigenvalue weighted by molar-refractivity contribution is 6.42. The number of nitrogens with one attached hydrogen (secondary N) is 3. The van der Waals surface area contributed by atoms with E-state index in [1.807, 2.05) is 26.1 Å². The molecule has 1 amide bonds. The van der Waals surface area contributed by atoms with Gasteiger partial charge in [-0.2, -0.15) is 0 Å². The topological polar surface area (TPSA) is 95.1 Å². The van der Waals surface area contributed by atoms with E-state index in [1.54, 1.807) is 18.2 Å². The van der Waals surface area contributed by atoms with Crippen molar-refractivity contribution in [3.63, 3.8) is 0 Å². The summed E-state index contributed by atoms with van der Waals surface area (Å²) in [6.45, 7) is 4.01. The minimum absolute atomic E-state index is 0.173. The summed E-state index contributed by atoms with van der Waals surface area (Å²) in [6.07, 6.45) is 2.35. The van der Waals surface area contributed by atoms with E-state index in [0.717, 1.165) is 27.9 Å². The molecule has 34 heavy (non-hydrogen) atoms. The molecule has 4 rings (SSSR count). The van der Waals surface area contributed by atoms with Gasteiger partial charge in [0.15, 0.2) is 0 Å². The number of rotatable bonds is 5. The van der Waals surface area contributed by atoms with Crippen molar-refractivity contribution in [1.29, 1.82) is 0 Å². The third-order valence-electron chi connectivity index (χ3n) is 5.01. The molecule has 7 nitrogen and oxygen atoms in total. The lowest BCUT2D eigenvalue weighted by Gasteiger charge is -2.12. The van der Waals surface area contributed by atoms with Crippen molar-refractivity contribution >= 4 is 51.9 Å². The monoisotopic (exact) mass is 498 g/mol. The van der Waals surface area contributed by atoms with Crippen LogP contribution in [0.25, 0.3) is 10.9 Å². The lowest BCUT2D eigenvalue weighted by molar-refractivity contribution is 0.0977. The van der Waals surface area contributed by atoms with E-state index in [-0.39, 0.29) is 16.8 Å². The number of guanidine groups is 1. The van der Waals surface area contributed by atoms with E-state index < -0.39 is 5.91 Å². The van der Waals surface area contributed by atoms with Gasteiger partial charge in [-0.25, -0.2) is 14.4 Å². The zero-order chi connectivity index (χ0) is 24.2. The third-order valence-corrected chi connectivity index (χ3v) is 5.75. The molecular formula is C24H21Cl2FN6O. The number of carbonyl (C=O) groups is 1. The molecule has 2 aromatic carbocycles. The Hall–Kier alpha value is -3.49. The lowest BCUT2D eigenvalue weighted by Crippen LogP contribution is -2.37. The number of hydrogen-bond donors (Lipinski definition) is 3. The maximum absolute atomic E-state index is 13.7. The van der Waals surface area contributed by atoms with Crippen LogP contribution in [0.5, 0.6) is 0 Å². The smallest absolute Gasteiger partial charge is 0.258 e. The molecule has 0 unspecified atom stereocenters. The number of nitrogens with zero attached hydrogens (tertiary/aromatic N) is 3. The Balaban J connectivity index is 1.56. The third kappa shape index (κ3) is 5.70. The Kier molecular flexibility index (Phi) is 7.09. The minimum Gasteiger partial charge on any atom is -0.361 e. The summed E-state index contributed by atoms with van der Waals surface area (Å²) in [7, 11) is 0. The molecule has 3 N–H and O–H groups in total. The Labute approximate surface area is 205 Å². The predicted octanol–water partition coefficient (Wildman–Crippen LogP) is 5.46. The maximum Gasteiger partial charge on any atom is 0.258 e. The normalized spacial score (nSPS) is 11.6. The standard InChI is InChI=1S/C24H21Cl2FN6O/c1-13-9-14(2)31-24(30-13)33-23(32-22(34)15-3-5-19(25)20(26)10-15)28-8-7-16-12-29-21-6-4-17(27)11-18(16)21/h3-6,9-12,29H,7-8H2,1-2H3,(H2,28,30,31,32,33,34). The largest absolute Gasteiger partial charge is 0.361 e. The van der Waals surface area contributed by atoms with Crippen LogP contribution in [-0.4, -0.2) is 33.4 Å². The highest BCUT2D eigenvalue weighted by Gasteiger charge is 2.13. The Morgan fingerprint density at radius 2 is 1.82 bits per heavy atom. The highest BCUT2D eigenvalue weighted by atomic mass is 35.5. The molecule has 10 heteroatoms. The Bertz CT molecular complexity index is 1380. The summed E-state index contributed by atoms with van der Waals surface area (Å²) in [4.78, 5) is 29.2. The number of H-pyrrole nitrogens is 1. The first-order chi connectivity index (χ1) is 16.3. The number of hydrogen-bond acceptors (Lipinski definition) is 4. The van der Waals surface area contributed by atoms with E-state index in [4.69, 9.17) is 23.2 Å². The molecule has 0 spiro atoms. The van der Waals surface area contributed by atoms with Gasteiger partial charge in [0.05, 0.1) is 10.0 Å². The second-order valence-corrected chi connectivity index (χ2v) is 8.48. The van der Waals surface area contributed by atoms with Gasteiger partial charge in [0.25, 0.3) is 5.91 Å². The quantitative estimate of drug-likeness (QED) is 0.251. The zero-order valence-corrected chi connectivity index (χ0v) is 19.9. The van der Waals surface area contributed by atoms with Crippen LogP contribution in [-0.2, 0) is 6.42 Å². The Morgan fingerprint density at radius 3 is 2.56 bits per heavy atom. The van der Waals surface area contributed by atoms with Crippen molar-refractivity contribution < 1.29 is 9.18 Å². The number of anilines is 1. The summed E-state index contributed by atoms with van der Waals surface area (Å²) in [6, 6.07) is 11.0. The van der Waals surface area contributed by atoms with Crippen molar-refractivity contribution in [2.75, 3.05) is 11.9 Å². The fraction of sp³-hybridized carbons (Fsp3) is 0.167. The molecule has 0 saturated carbocycles. The SMILES string of the molecule is Cc1cc(C)nc(NC(=NCCc2c[nH]c3ccc(F)cc23)NC(=O)c2ccc(Cl)c(Cl)c2)n1. The van der Waals surface area contributed by atoms with E-state index in [2.05, 4.69) is 30.6 Å². The number of aromatic nitrogens is 3. The average molecular weight is 499 g/mol. The summed E-state index contributed by atoms with van der Waals surface area (Å²) >= 11 is 12.0. The van der Waals surface area contributed by atoms with E-state index >= 15 is 0 Å². The van der Waals surface area contributed by atoms with Crippen LogP contribution < -0.4 is 10.6 Å². The maximum atomic E-state index is 13.7. The van der Waals surface area contributed by atoms with E-state index in [1.165, 1.54) is 18.2 Å². The lowest BCUT2D eigenvalue weighted by atomic mass is 10.1. The molecule has 0 fully saturated rings. The fourth-order valence-electron chi connectivity index (χ4n) is 3.46. The molecule has 0 bridgehead atoms. The van der Waals surface area contributed by atoms with Gasteiger partial charge in [0.1, 0.15) is 5.82 Å². The van der Waals surface area contributed by atoms with Crippen LogP contribution in [0.15, 0.2) is 53.7 Å². The molecule has 0 saturated heterocycles. The van der Waals surface area contributed by atoms with Crippen LogP contribution in [0.4, 0.5) is 10.3 Å². The molecule has 0 aliphatic rings. The minimum atomic E-state index is -0.427. The van der Waals surface area contributed by atoms with Crippen LogP contribution in [0, 0.1) is 19.7 Å². The number of aliphatic imine (C=N–C) groups is 1. The van der Waals surface area contributed by atoms with E-state index in [9.17, 15) is 9.18 Å². The van der Waals surface area contributed by atoms with Crippen molar-refractivity contribution in [2.24, 2.45) is 4.99 Å². The van der Waals surface area contributed by atoms with Gasteiger partial charge < -0.3 is 4.98 Å². The molecule has 174 valence electrons. The van der Waals surface area contributed by atoms with Gasteiger partial charge >= 0.3 is 0 Å². The van der Waals surface area contributed by atoms with Crippen LogP contribution in [0.1, 0.15) is 27.3 Å². The van der Waals surface area contributed by atoms with Crippen LogP contribution >= 0.6 is 23.2 Å². The number of halogens is 3. The molecule has 2 aromatic heterocycles. The van der Waals surface area contributed by atoms with Crippen LogP contribution in [0.3, 0.4) is 0 Å². The Morgan fingerprint density at radius 1 is 1.06 bits per heavy atom. The molecule has 0 radical (unpaired) electrons. The first-order valence-corrected chi connectivity index (χ1v) is 11.2. The average Bonchev–Trinajstić information content (AvgIpc) is 3.16. The summed E-state index contributed by atoms with van der Waals surface area (Å²) < 4.78 is 13.7. The van der Waals surface area contributed by atoms with Crippen molar-refractivity contribution in [2.45, 2.75) is 20.3 Å². The molecular weight excluding hydrogens is 478 g/mol. The summed E-state index contributed by atoms with van der Waals surface area (Å²) in [5.41, 5.74) is 3.61. The second kappa shape index (κ2) is 10.2. The highest BCUT2D eigenvalue weighted by Crippen LogP contribution is 2.23. The second-order valence-electron chi connectivity index (χ2n) is 7.67. The molecule has 0 atom stereocenters. The first-order valence-electron chi connectivity index (χ1n) is 10.4. The number of amides is 1.